The molecular formula is C14H15F2N3O. The molecule has 1 saturated carbocycles. The number of aromatic nitrogens is 2. The quantitative estimate of drug-likeness (QED) is 0.864. The highest BCUT2D eigenvalue weighted by Crippen LogP contribution is 2.48. The maximum atomic E-state index is 12.9. The molecule has 1 aliphatic carbocycles. The van der Waals surface area contributed by atoms with Gasteiger partial charge in [-0.3, -0.25) is 0 Å². The predicted molar refractivity (Wildman–Crippen MR) is 71.0 cm³/mol. The number of halogens is 2. The van der Waals surface area contributed by atoms with E-state index >= 15 is 0 Å². The highest BCUT2D eigenvalue weighted by Gasteiger charge is 2.45. The molecule has 1 aliphatic rings. The van der Waals surface area contributed by atoms with Gasteiger partial charge >= 0.3 is 0 Å². The normalized spacial score (nSPS) is 17.8. The Bertz CT molecular complexity index is 616. The molecule has 0 amide bonds. The molecule has 2 aromatic rings. The summed E-state index contributed by atoms with van der Waals surface area (Å²) >= 11 is 0. The van der Waals surface area contributed by atoms with Gasteiger partial charge in [-0.25, -0.2) is 8.78 Å². The average molecular weight is 279 g/mol. The zero-order valence-electron chi connectivity index (χ0n) is 11.3. The second kappa shape index (κ2) is 4.54. The van der Waals surface area contributed by atoms with E-state index < -0.39 is 5.92 Å². The van der Waals surface area contributed by atoms with E-state index in [0.29, 0.717) is 11.8 Å². The molecule has 20 heavy (non-hydrogen) atoms. The molecule has 1 aromatic carbocycles. The van der Waals surface area contributed by atoms with Crippen molar-refractivity contribution in [2.45, 2.75) is 24.7 Å². The Morgan fingerprint density at radius 1 is 1.30 bits per heavy atom. The zero-order chi connectivity index (χ0) is 14.3. The summed E-state index contributed by atoms with van der Waals surface area (Å²) in [5.41, 5.74) is 1.66. The van der Waals surface area contributed by atoms with Crippen LogP contribution in [0, 0.1) is 0 Å². The maximum Gasteiger partial charge on any atom is 0.265 e. The first-order chi connectivity index (χ1) is 9.44. The minimum absolute atomic E-state index is 0.0801. The van der Waals surface area contributed by atoms with Crippen LogP contribution < -0.4 is 4.90 Å². The minimum atomic E-state index is -2.51. The van der Waals surface area contributed by atoms with Crippen molar-refractivity contribution in [1.82, 2.24) is 10.1 Å². The molecule has 0 bridgehead atoms. The number of rotatable bonds is 3. The number of nitrogens with zero attached hydrogens (tertiary/aromatic N) is 3. The van der Waals surface area contributed by atoms with E-state index in [2.05, 4.69) is 10.1 Å². The molecule has 0 aliphatic heterocycles. The highest BCUT2D eigenvalue weighted by atomic mass is 19.3. The molecule has 3 rings (SSSR count). The summed E-state index contributed by atoms with van der Waals surface area (Å²) < 4.78 is 31.1. The van der Waals surface area contributed by atoms with Crippen molar-refractivity contribution in [3.05, 3.63) is 29.8 Å². The molecule has 1 aromatic heterocycles. The van der Waals surface area contributed by atoms with Crippen molar-refractivity contribution >= 4 is 5.95 Å². The molecule has 0 spiro atoms. The van der Waals surface area contributed by atoms with E-state index in [9.17, 15) is 8.78 Å². The summed E-state index contributed by atoms with van der Waals surface area (Å²) in [6, 6.07) is 7.40. The number of anilines is 1. The van der Waals surface area contributed by atoms with E-state index in [1.165, 1.54) is 0 Å². The number of benzene rings is 1. The summed E-state index contributed by atoms with van der Waals surface area (Å²) in [7, 11) is 3.64. The van der Waals surface area contributed by atoms with E-state index in [0.717, 1.165) is 11.1 Å². The van der Waals surface area contributed by atoms with Crippen molar-refractivity contribution in [3.63, 3.8) is 0 Å². The maximum absolute atomic E-state index is 12.9. The van der Waals surface area contributed by atoms with Crippen molar-refractivity contribution in [1.29, 1.82) is 0 Å². The van der Waals surface area contributed by atoms with Gasteiger partial charge in [0.15, 0.2) is 0 Å². The predicted octanol–water partition coefficient (Wildman–Crippen LogP) is 3.32. The van der Waals surface area contributed by atoms with Gasteiger partial charge in [0.25, 0.3) is 11.8 Å². The van der Waals surface area contributed by atoms with Crippen LogP contribution in [-0.4, -0.2) is 30.2 Å². The molecule has 0 saturated heterocycles. The second-order valence-electron chi connectivity index (χ2n) is 5.38. The minimum Gasteiger partial charge on any atom is -0.344 e. The molecule has 6 heteroatoms. The Hall–Kier alpha value is -1.98. The third-order valence-corrected chi connectivity index (χ3v) is 3.51. The summed E-state index contributed by atoms with van der Waals surface area (Å²) in [4.78, 5) is 5.99. The Kier molecular flexibility index (Phi) is 2.96. The van der Waals surface area contributed by atoms with Crippen molar-refractivity contribution < 1.29 is 13.3 Å². The first-order valence-electron chi connectivity index (χ1n) is 6.44. The van der Waals surface area contributed by atoms with Crippen LogP contribution in [0.4, 0.5) is 14.7 Å². The number of hydrogen-bond acceptors (Lipinski definition) is 4. The molecule has 4 nitrogen and oxygen atoms in total. The topological polar surface area (TPSA) is 42.2 Å². The van der Waals surface area contributed by atoms with Crippen LogP contribution in [0.1, 0.15) is 24.3 Å². The van der Waals surface area contributed by atoms with Crippen molar-refractivity contribution in [2.75, 3.05) is 19.0 Å². The molecule has 106 valence electrons. The SMILES string of the molecule is CN(C)c1noc(-c2cccc(C3CC(F)(F)C3)c2)n1. The fourth-order valence-corrected chi connectivity index (χ4v) is 2.34. The molecule has 1 fully saturated rings. The summed E-state index contributed by atoms with van der Waals surface area (Å²) in [6.07, 6.45) is -0.160. The Balaban J connectivity index is 1.84. The van der Waals surface area contributed by atoms with E-state index in [-0.39, 0.29) is 18.8 Å². The molecule has 0 radical (unpaired) electrons. The van der Waals surface area contributed by atoms with Gasteiger partial charge in [-0.15, -0.1) is 0 Å². The lowest BCUT2D eigenvalue weighted by Crippen LogP contribution is -2.33. The Labute approximate surface area is 115 Å². The standard InChI is InChI=1S/C14H15F2N3O/c1-19(2)13-17-12(20-18-13)10-5-3-4-9(6-10)11-7-14(15,16)8-11/h3-6,11H,7-8H2,1-2H3. The van der Waals surface area contributed by atoms with Gasteiger partial charge in [0.2, 0.25) is 5.92 Å². The van der Waals surface area contributed by atoms with E-state index in [1.54, 1.807) is 4.90 Å². The van der Waals surface area contributed by atoms with Crippen LogP contribution in [0.5, 0.6) is 0 Å². The fourth-order valence-electron chi connectivity index (χ4n) is 2.34. The summed E-state index contributed by atoms with van der Waals surface area (Å²) in [6.45, 7) is 0. The van der Waals surface area contributed by atoms with E-state index in [1.807, 2.05) is 38.4 Å². The number of alkyl halides is 2. The average Bonchev–Trinajstić information content (AvgIpc) is 2.86. The third kappa shape index (κ3) is 2.37. The van der Waals surface area contributed by atoms with Gasteiger partial charge in [-0.1, -0.05) is 12.1 Å². The summed E-state index contributed by atoms with van der Waals surface area (Å²) in [5.74, 6) is -1.70. The largest absolute Gasteiger partial charge is 0.344 e. The van der Waals surface area contributed by atoms with Gasteiger partial charge in [-0.2, -0.15) is 4.98 Å². The lowest BCUT2D eigenvalue weighted by molar-refractivity contribution is -0.0867. The molecule has 0 atom stereocenters. The molecule has 1 heterocycles. The summed E-state index contributed by atoms with van der Waals surface area (Å²) in [5, 5.41) is 3.84. The Morgan fingerprint density at radius 3 is 2.65 bits per heavy atom. The van der Waals surface area contributed by atoms with Crippen molar-refractivity contribution in [3.8, 4) is 11.5 Å². The van der Waals surface area contributed by atoms with Crippen molar-refractivity contribution in [2.24, 2.45) is 0 Å². The molecular weight excluding hydrogens is 264 g/mol. The van der Waals surface area contributed by atoms with Gasteiger partial charge in [-0.05, 0) is 28.8 Å². The Morgan fingerprint density at radius 2 is 2.05 bits per heavy atom. The van der Waals surface area contributed by atoms with Gasteiger partial charge in [0.05, 0.1) is 0 Å². The van der Waals surface area contributed by atoms with Crippen LogP contribution in [0.15, 0.2) is 28.8 Å². The highest BCUT2D eigenvalue weighted by molar-refractivity contribution is 5.56. The van der Waals surface area contributed by atoms with Crippen LogP contribution in [0.2, 0.25) is 0 Å². The van der Waals surface area contributed by atoms with Crippen LogP contribution >= 0.6 is 0 Å². The van der Waals surface area contributed by atoms with Crippen LogP contribution in [0.3, 0.4) is 0 Å². The number of hydrogen-bond donors (Lipinski definition) is 0. The smallest absolute Gasteiger partial charge is 0.265 e. The third-order valence-electron chi connectivity index (χ3n) is 3.51. The van der Waals surface area contributed by atoms with Gasteiger partial charge in [0, 0.05) is 32.5 Å². The first kappa shape index (κ1) is 13.0. The van der Waals surface area contributed by atoms with Gasteiger partial charge in [0.1, 0.15) is 0 Å². The lowest BCUT2D eigenvalue weighted by atomic mass is 9.76. The fraction of sp³-hybridized carbons (Fsp3) is 0.429. The lowest BCUT2D eigenvalue weighted by Gasteiger charge is -2.35. The second-order valence-corrected chi connectivity index (χ2v) is 5.38. The van der Waals surface area contributed by atoms with Gasteiger partial charge < -0.3 is 9.42 Å². The molecule has 0 N–H and O–H groups in total. The molecule has 0 unspecified atom stereocenters. The van der Waals surface area contributed by atoms with Crippen LogP contribution in [0.25, 0.3) is 11.5 Å². The zero-order valence-corrected chi connectivity index (χ0v) is 11.3. The van der Waals surface area contributed by atoms with Crippen LogP contribution in [-0.2, 0) is 0 Å². The van der Waals surface area contributed by atoms with E-state index in [4.69, 9.17) is 4.52 Å². The monoisotopic (exact) mass is 279 g/mol. The first-order valence-corrected chi connectivity index (χ1v) is 6.44.